The zero-order valence-corrected chi connectivity index (χ0v) is 9.25. The summed E-state index contributed by atoms with van der Waals surface area (Å²) in [7, 11) is 0. The van der Waals surface area contributed by atoms with E-state index in [1.807, 2.05) is 0 Å². The van der Waals surface area contributed by atoms with Crippen molar-refractivity contribution in [2.45, 2.75) is 51.0 Å². The molecule has 0 aromatic carbocycles. The van der Waals surface area contributed by atoms with Gasteiger partial charge in [0.05, 0.1) is 0 Å². The third-order valence-corrected chi connectivity index (χ3v) is 3.99. The van der Waals surface area contributed by atoms with Gasteiger partial charge in [0.25, 0.3) is 0 Å². The summed E-state index contributed by atoms with van der Waals surface area (Å²) in [4.78, 5) is 2.65. The number of hydrogen-bond acceptors (Lipinski definition) is 2. The van der Waals surface area contributed by atoms with E-state index in [4.69, 9.17) is 5.73 Å². The lowest BCUT2D eigenvalue weighted by Crippen LogP contribution is -2.38. The maximum absolute atomic E-state index is 5.79. The van der Waals surface area contributed by atoms with Gasteiger partial charge in [-0.3, -0.25) is 4.90 Å². The van der Waals surface area contributed by atoms with Gasteiger partial charge < -0.3 is 5.73 Å². The number of rotatable bonds is 3. The van der Waals surface area contributed by atoms with Crippen LogP contribution in [0.3, 0.4) is 0 Å². The molecule has 2 nitrogen and oxygen atoms in total. The standard InChI is InChI=1S/C12H24N2/c13-9-12-7-4-8-14(12)10-11-5-2-1-3-6-11/h11-12H,1-10,13H2/t12-/m1/s1. The summed E-state index contributed by atoms with van der Waals surface area (Å²) in [5, 5.41) is 0. The van der Waals surface area contributed by atoms with Crippen LogP contribution in [0, 0.1) is 5.92 Å². The molecule has 82 valence electrons. The zero-order chi connectivity index (χ0) is 9.80. The van der Waals surface area contributed by atoms with E-state index in [0.717, 1.165) is 12.5 Å². The highest BCUT2D eigenvalue weighted by molar-refractivity contribution is 4.82. The molecule has 0 amide bonds. The van der Waals surface area contributed by atoms with Gasteiger partial charge in [0.15, 0.2) is 0 Å². The monoisotopic (exact) mass is 196 g/mol. The van der Waals surface area contributed by atoms with E-state index in [1.54, 1.807) is 0 Å². The van der Waals surface area contributed by atoms with Crippen molar-refractivity contribution >= 4 is 0 Å². The van der Waals surface area contributed by atoms with Gasteiger partial charge >= 0.3 is 0 Å². The highest BCUT2D eigenvalue weighted by Crippen LogP contribution is 2.27. The van der Waals surface area contributed by atoms with Gasteiger partial charge in [-0.1, -0.05) is 19.3 Å². The van der Waals surface area contributed by atoms with Crippen LogP contribution in [-0.4, -0.2) is 30.6 Å². The molecule has 1 saturated heterocycles. The van der Waals surface area contributed by atoms with Gasteiger partial charge in [0.1, 0.15) is 0 Å². The minimum absolute atomic E-state index is 0.705. The van der Waals surface area contributed by atoms with Crippen LogP contribution in [0.4, 0.5) is 0 Å². The molecule has 0 aromatic rings. The van der Waals surface area contributed by atoms with E-state index in [0.29, 0.717) is 6.04 Å². The highest BCUT2D eigenvalue weighted by Gasteiger charge is 2.26. The molecule has 0 radical (unpaired) electrons. The second-order valence-electron chi connectivity index (χ2n) is 5.03. The predicted octanol–water partition coefficient (Wildman–Crippen LogP) is 1.99. The molecular weight excluding hydrogens is 172 g/mol. The first-order valence-electron chi connectivity index (χ1n) is 6.34. The Morgan fingerprint density at radius 2 is 1.79 bits per heavy atom. The van der Waals surface area contributed by atoms with E-state index in [2.05, 4.69) is 4.90 Å². The van der Waals surface area contributed by atoms with Crippen molar-refractivity contribution in [3.05, 3.63) is 0 Å². The van der Waals surface area contributed by atoms with Crippen molar-refractivity contribution < 1.29 is 0 Å². The Balaban J connectivity index is 1.77. The van der Waals surface area contributed by atoms with Crippen LogP contribution in [0.2, 0.25) is 0 Å². The Bertz CT molecular complexity index is 164. The Morgan fingerprint density at radius 1 is 1.00 bits per heavy atom. The molecule has 1 saturated carbocycles. The molecule has 2 N–H and O–H groups in total. The summed E-state index contributed by atoms with van der Waals surface area (Å²) in [5.41, 5.74) is 5.79. The molecule has 0 spiro atoms. The topological polar surface area (TPSA) is 29.3 Å². The Kier molecular flexibility index (Phi) is 3.82. The fraction of sp³-hybridized carbons (Fsp3) is 1.00. The van der Waals surface area contributed by atoms with Crippen LogP contribution in [0.1, 0.15) is 44.9 Å². The second-order valence-corrected chi connectivity index (χ2v) is 5.03. The summed E-state index contributed by atoms with van der Waals surface area (Å²) in [5.74, 6) is 0.982. The molecule has 1 atom stereocenters. The van der Waals surface area contributed by atoms with Crippen molar-refractivity contribution in [2.24, 2.45) is 11.7 Å². The summed E-state index contributed by atoms with van der Waals surface area (Å²) in [6.07, 6.45) is 10.0. The molecule has 1 aliphatic carbocycles. The smallest absolute Gasteiger partial charge is 0.0219 e. The predicted molar refractivity (Wildman–Crippen MR) is 60.2 cm³/mol. The third-order valence-electron chi connectivity index (χ3n) is 3.99. The average molecular weight is 196 g/mol. The lowest BCUT2D eigenvalue weighted by molar-refractivity contribution is 0.190. The first-order valence-corrected chi connectivity index (χ1v) is 6.34. The summed E-state index contributed by atoms with van der Waals surface area (Å²) in [6, 6.07) is 0.705. The van der Waals surface area contributed by atoms with E-state index in [1.165, 1.54) is 58.0 Å². The fourth-order valence-electron chi connectivity index (χ4n) is 3.10. The Hall–Kier alpha value is -0.0800. The van der Waals surface area contributed by atoms with Crippen LogP contribution in [-0.2, 0) is 0 Å². The van der Waals surface area contributed by atoms with Gasteiger partial charge in [-0.15, -0.1) is 0 Å². The fourth-order valence-corrected chi connectivity index (χ4v) is 3.10. The van der Waals surface area contributed by atoms with E-state index in [-0.39, 0.29) is 0 Å². The van der Waals surface area contributed by atoms with Crippen LogP contribution >= 0.6 is 0 Å². The lowest BCUT2D eigenvalue weighted by Gasteiger charge is -2.30. The second kappa shape index (κ2) is 5.13. The molecule has 1 heterocycles. The van der Waals surface area contributed by atoms with Gasteiger partial charge in [0, 0.05) is 19.1 Å². The van der Waals surface area contributed by atoms with Crippen LogP contribution in [0.25, 0.3) is 0 Å². The SMILES string of the molecule is NC[C@H]1CCCN1CC1CCCCC1. The van der Waals surface area contributed by atoms with Crippen LogP contribution in [0.5, 0.6) is 0 Å². The molecule has 14 heavy (non-hydrogen) atoms. The van der Waals surface area contributed by atoms with Crippen LogP contribution in [0.15, 0.2) is 0 Å². The van der Waals surface area contributed by atoms with Crippen molar-refractivity contribution in [3.63, 3.8) is 0 Å². The summed E-state index contributed by atoms with van der Waals surface area (Å²) >= 11 is 0. The molecule has 0 unspecified atom stereocenters. The van der Waals surface area contributed by atoms with Crippen molar-refractivity contribution in [2.75, 3.05) is 19.6 Å². The third kappa shape index (κ3) is 2.48. The summed E-state index contributed by atoms with van der Waals surface area (Å²) in [6.45, 7) is 3.51. The number of nitrogens with two attached hydrogens (primary N) is 1. The minimum Gasteiger partial charge on any atom is -0.329 e. The van der Waals surface area contributed by atoms with E-state index < -0.39 is 0 Å². The van der Waals surface area contributed by atoms with Gasteiger partial charge in [-0.2, -0.15) is 0 Å². The van der Waals surface area contributed by atoms with E-state index >= 15 is 0 Å². The first-order chi connectivity index (χ1) is 6.90. The molecule has 2 aliphatic rings. The average Bonchev–Trinajstić information content (AvgIpc) is 2.67. The summed E-state index contributed by atoms with van der Waals surface area (Å²) < 4.78 is 0. The first kappa shape index (κ1) is 10.4. The highest BCUT2D eigenvalue weighted by atomic mass is 15.2. The largest absolute Gasteiger partial charge is 0.329 e. The zero-order valence-electron chi connectivity index (χ0n) is 9.25. The number of likely N-dealkylation sites (tertiary alicyclic amines) is 1. The molecule has 2 heteroatoms. The molecule has 2 rings (SSSR count). The molecule has 1 aliphatic heterocycles. The molecular formula is C12H24N2. The van der Waals surface area contributed by atoms with Crippen LogP contribution < -0.4 is 5.73 Å². The van der Waals surface area contributed by atoms with Gasteiger partial charge in [-0.25, -0.2) is 0 Å². The number of nitrogens with zero attached hydrogens (tertiary/aromatic N) is 1. The normalized spacial score (nSPS) is 31.1. The number of hydrogen-bond donors (Lipinski definition) is 1. The van der Waals surface area contributed by atoms with Crippen molar-refractivity contribution in [1.82, 2.24) is 4.90 Å². The molecule has 0 bridgehead atoms. The Morgan fingerprint density at radius 3 is 2.50 bits per heavy atom. The van der Waals surface area contributed by atoms with Crippen molar-refractivity contribution in [3.8, 4) is 0 Å². The quantitative estimate of drug-likeness (QED) is 0.748. The minimum atomic E-state index is 0.705. The molecule has 0 aromatic heterocycles. The molecule has 2 fully saturated rings. The lowest BCUT2D eigenvalue weighted by atomic mass is 9.89. The Labute approximate surface area is 87.8 Å². The maximum Gasteiger partial charge on any atom is 0.0219 e. The van der Waals surface area contributed by atoms with Gasteiger partial charge in [-0.05, 0) is 38.1 Å². The van der Waals surface area contributed by atoms with Gasteiger partial charge in [0.2, 0.25) is 0 Å². The van der Waals surface area contributed by atoms with E-state index in [9.17, 15) is 0 Å². The maximum atomic E-state index is 5.79. The van der Waals surface area contributed by atoms with Crippen molar-refractivity contribution in [1.29, 1.82) is 0 Å².